The van der Waals surface area contributed by atoms with E-state index in [0.717, 1.165) is 42.1 Å². The molecule has 1 amide bonds. The van der Waals surface area contributed by atoms with E-state index in [9.17, 15) is 9.59 Å². The summed E-state index contributed by atoms with van der Waals surface area (Å²) >= 11 is 0. The predicted molar refractivity (Wildman–Crippen MR) is 106 cm³/mol. The van der Waals surface area contributed by atoms with Crippen molar-refractivity contribution in [3.05, 3.63) is 75.8 Å². The van der Waals surface area contributed by atoms with Crippen molar-refractivity contribution in [1.82, 2.24) is 14.9 Å². The van der Waals surface area contributed by atoms with Gasteiger partial charge in [-0.3, -0.25) is 14.6 Å². The number of carbonyl (C=O) groups is 1. The van der Waals surface area contributed by atoms with Crippen LogP contribution in [0.2, 0.25) is 0 Å². The van der Waals surface area contributed by atoms with E-state index in [4.69, 9.17) is 0 Å². The van der Waals surface area contributed by atoms with Gasteiger partial charge in [0.2, 0.25) is 0 Å². The van der Waals surface area contributed by atoms with Gasteiger partial charge in [0.15, 0.2) is 0 Å². The van der Waals surface area contributed by atoms with Crippen LogP contribution in [0.15, 0.2) is 53.6 Å². The monoisotopic (exact) mass is 361 g/mol. The van der Waals surface area contributed by atoms with E-state index < -0.39 is 0 Å². The molecule has 138 valence electrons. The van der Waals surface area contributed by atoms with E-state index in [1.165, 1.54) is 0 Å². The van der Waals surface area contributed by atoms with Crippen molar-refractivity contribution in [3.8, 4) is 0 Å². The number of H-pyrrole nitrogens is 1. The van der Waals surface area contributed by atoms with Gasteiger partial charge in [0.1, 0.15) is 0 Å². The van der Waals surface area contributed by atoms with Gasteiger partial charge in [0.05, 0.1) is 6.54 Å². The van der Waals surface area contributed by atoms with Crippen molar-refractivity contribution in [2.24, 2.45) is 0 Å². The molecule has 1 N–H and O–H groups in total. The molecule has 0 bridgehead atoms. The van der Waals surface area contributed by atoms with Gasteiger partial charge in [-0.15, -0.1) is 0 Å². The summed E-state index contributed by atoms with van der Waals surface area (Å²) in [6, 6.07) is 11.5. The lowest BCUT2D eigenvalue weighted by molar-refractivity contribution is 0.0663. The first-order chi connectivity index (χ1) is 13.1. The Hall–Kier alpha value is -2.95. The van der Waals surface area contributed by atoms with Crippen molar-refractivity contribution in [2.45, 2.75) is 45.2 Å². The molecule has 0 aliphatic heterocycles. The van der Waals surface area contributed by atoms with Gasteiger partial charge in [-0.1, -0.05) is 24.5 Å². The lowest BCUT2D eigenvalue weighted by atomic mass is 10.1. The quantitative estimate of drug-likeness (QED) is 0.768. The number of amides is 1. The van der Waals surface area contributed by atoms with Crippen molar-refractivity contribution in [3.63, 3.8) is 0 Å². The van der Waals surface area contributed by atoms with E-state index in [0.29, 0.717) is 17.7 Å². The third-order valence-corrected chi connectivity index (χ3v) is 5.37. The van der Waals surface area contributed by atoms with Crippen LogP contribution in [0.25, 0.3) is 10.9 Å². The zero-order chi connectivity index (χ0) is 18.8. The second-order valence-electron chi connectivity index (χ2n) is 7.32. The number of pyridine rings is 2. The standard InChI is InChI=1S/C22H23N3O2/c1-15-6-7-20-17(12-15)13-18(21(26)24-20)14-25(19-4-2-3-5-19)22(27)16-8-10-23-11-9-16/h6-13,19H,2-5,14H2,1H3,(H,24,26). The Balaban J connectivity index is 1.71. The molecule has 1 aromatic carbocycles. The molecule has 0 radical (unpaired) electrons. The van der Waals surface area contributed by atoms with Gasteiger partial charge in [-0.2, -0.15) is 0 Å². The Morgan fingerprint density at radius 1 is 1.15 bits per heavy atom. The second kappa shape index (κ2) is 7.35. The highest BCUT2D eigenvalue weighted by Gasteiger charge is 2.28. The number of hydrogen-bond donors (Lipinski definition) is 1. The highest BCUT2D eigenvalue weighted by molar-refractivity contribution is 5.94. The average Bonchev–Trinajstić information content (AvgIpc) is 3.21. The third kappa shape index (κ3) is 3.63. The zero-order valence-corrected chi connectivity index (χ0v) is 15.4. The van der Waals surface area contributed by atoms with Gasteiger partial charge in [0.25, 0.3) is 11.5 Å². The maximum atomic E-state index is 13.2. The van der Waals surface area contributed by atoms with Crippen molar-refractivity contribution in [1.29, 1.82) is 0 Å². The summed E-state index contributed by atoms with van der Waals surface area (Å²) in [7, 11) is 0. The number of rotatable bonds is 4. The largest absolute Gasteiger partial charge is 0.331 e. The lowest BCUT2D eigenvalue weighted by Gasteiger charge is -2.29. The average molecular weight is 361 g/mol. The number of fused-ring (bicyclic) bond motifs is 1. The fourth-order valence-corrected chi connectivity index (χ4v) is 3.92. The number of aromatic nitrogens is 2. The number of hydrogen-bond acceptors (Lipinski definition) is 3. The number of carbonyl (C=O) groups excluding carboxylic acids is 1. The van der Waals surface area contributed by atoms with Crippen LogP contribution in [-0.4, -0.2) is 26.8 Å². The van der Waals surface area contributed by atoms with Crippen LogP contribution >= 0.6 is 0 Å². The number of aromatic amines is 1. The Bertz CT molecular complexity index is 1020. The summed E-state index contributed by atoms with van der Waals surface area (Å²) in [5.74, 6) is -0.0342. The van der Waals surface area contributed by atoms with Crippen LogP contribution in [0.1, 0.15) is 47.2 Å². The van der Waals surface area contributed by atoms with Gasteiger partial charge < -0.3 is 9.88 Å². The summed E-state index contributed by atoms with van der Waals surface area (Å²) in [5, 5.41) is 0.993. The van der Waals surface area contributed by atoms with Gasteiger partial charge >= 0.3 is 0 Å². The van der Waals surface area contributed by atoms with Crippen LogP contribution in [-0.2, 0) is 6.54 Å². The van der Waals surface area contributed by atoms with Crippen molar-refractivity contribution >= 4 is 16.8 Å². The number of nitrogens with zero attached hydrogens (tertiary/aromatic N) is 2. The number of aryl methyl sites for hydroxylation is 1. The smallest absolute Gasteiger partial charge is 0.254 e. The fraction of sp³-hybridized carbons (Fsp3) is 0.318. The summed E-state index contributed by atoms with van der Waals surface area (Å²) < 4.78 is 0. The molecule has 1 saturated carbocycles. The second-order valence-corrected chi connectivity index (χ2v) is 7.32. The molecular weight excluding hydrogens is 338 g/mol. The predicted octanol–water partition coefficient (Wildman–Crippen LogP) is 3.82. The minimum atomic E-state index is -0.128. The molecule has 27 heavy (non-hydrogen) atoms. The SMILES string of the molecule is Cc1ccc2[nH]c(=O)c(CN(C(=O)c3ccncc3)C3CCCC3)cc2c1. The molecule has 0 atom stereocenters. The Kier molecular flexibility index (Phi) is 4.75. The minimum absolute atomic E-state index is 0.0342. The van der Waals surface area contributed by atoms with Crippen LogP contribution in [0, 0.1) is 6.92 Å². The van der Waals surface area contributed by atoms with E-state index in [2.05, 4.69) is 16.0 Å². The molecule has 1 aliphatic rings. The Labute approximate surface area is 158 Å². The normalized spacial score (nSPS) is 14.6. The molecular formula is C22H23N3O2. The first-order valence-electron chi connectivity index (χ1n) is 9.45. The van der Waals surface area contributed by atoms with Gasteiger partial charge in [-0.05, 0) is 55.5 Å². The zero-order valence-electron chi connectivity index (χ0n) is 15.4. The van der Waals surface area contributed by atoms with Crippen LogP contribution in [0.4, 0.5) is 0 Å². The first kappa shape index (κ1) is 17.5. The van der Waals surface area contributed by atoms with Crippen molar-refractivity contribution < 1.29 is 4.79 Å². The molecule has 2 heterocycles. The molecule has 4 rings (SSSR count). The van der Waals surface area contributed by atoms with E-state index in [-0.39, 0.29) is 17.5 Å². The summed E-state index contributed by atoms with van der Waals surface area (Å²) in [6.45, 7) is 2.35. The molecule has 0 spiro atoms. The highest BCUT2D eigenvalue weighted by atomic mass is 16.2. The maximum absolute atomic E-state index is 13.2. The molecule has 0 saturated heterocycles. The van der Waals surface area contributed by atoms with Crippen LogP contribution in [0.5, 0.6) is 0 Å². The third-order valence-electron chi connectivity index (χ3n) is 5.37. The topological polar surface area (TPSA) is 66.1 Å². The Morgan fingerprint density at radius 2 is 1.89 bits per heavy atom. The van der Waals surface area contributed by atoms with Crippen LogP contribution in [0.3, 0.4) is 0 Å². The summed E-state index contributed by atoms with van der Waals surface area (Å²) in [5.41, 5.74) is 3.08. The van der Waals surface area contributed by atoms with Gasteiger partial charge in [0, 0.05) is 35.1 Å². The van der Waals surface area contributed by atoms with Gasteiger partial charge in [-0.25, -0.2) is 0 Å². The highest BCUT2D eigenvalue weighted by Crippen LogP contribution is 2.26. The molecule has 1 aliphatic carbocycles. The lowest BCUT2D eigenvalue weighted by Crippen LogP contribution is -2.39. The first-order valence-corrected chi connectivity index (χ1v) is 9.45. The molecule has 1 fully saturated rings. The minimum Gasteiger partial charge on any atom is -0.331 e. The van der Waals surface area contributed by atoms with Crippen LogP contribution < -0.4 is 5.56 Å². The Morgan fingerprint density at radius 3 is 2.63 bits per heavy atom. The van der Waals surface area contributed by atoms with E-state index in [1.54, 1.807) is 24.5 Å². The number of nitrogens with one attached hydrogen (secondary N) is 1. The molecule has 2 aromatic heterocycles. The van der Waals surface area contributed by atoms with E-state index >= 15 is 0 Å². The number of benzene rings is 1. The summed E-state index contributed by atoms with van der Waals surface area (Å²) in [6.07, 6.45) is 7.48. The van der Waals surface area contributed by atoms with Crippen molar-refractivity contribution in [2.75, 3.05) is 0 Å². The van der Waals surface area contributed by atoms with E-state index in [1.807, 2.05) is 30.0 Å². The summed E-state index contributed by atoms with van der Waals surface area (Å²) in [4.78, 5) is 34.6. The fourth-order valence-electron chi connectivity index (χ4n) is 3.92. The molecule has 5 heteroatoms. The molecule has 5 nitrogen and oxygen atoms in total. The molecule has 3 aromatic rings. The maximum Gasteiger partial charge on any atom is 0.254 e. The molecule has 0 unspecified atom stereocenters.